The van der Waals surface area contributed by atoms with Crippen LogP contribution in [0.15, 0.2) is 60.7 Å². The predicted molar refractivity (Wildman–Crippen MR) is 146 cm³/mol. The number of nitrogens with one attached hydrogen (secondary N) is 2. The number of anilines is 2. The van der Waals surface area contributed by atoms with Crippen molar-refractivity contribution in [3.63, 3.8) is 0 Å². The molecule has 1 heterocycles. The molecule has 0 unspecified atom stereocenters. The van der Waals surface area contributed by atoms with Crippen molar-refractivity contribution in [3.8, 4) is 0 Å². The van der Waals surface area contributed by atoms with E-state index in [4.69, 9.17) is 10.8 Å². The average Bonchev–Trinajstić information content (AvgIpc) is 2.88. The Hall–Kier alpha value is -3.20. The lowest BCUT2D eigenvalue weighted by molar-refractivity contribution is -0.154. The number of piperidine rings is 1. The van der Waals surface area contributed by atoms with Crippen molar-refractivity contribution >= 4 is 49.9 Å². The maximum Gasteiger partial charge on any atom is 0.310 e. The fraction of sp³-hybridized carbons (Fsp3) is 0.407. The number of nitrogens with zero attached hydrogens (tertiary/aromatic N) is 3. The molecule has 1 aliphatic rings. The van der Waals surface area contributed by atoms with Gasteiger partial charge in [0.05, 0.1) is 5.41 Å². The standard InChI is InChI=1S/C27H34BrN5O3/c1-2-3-10-17-32(25(28)29)26(30)31-18-15-27(16-19-31,24(35)36)20-23(34)33(21-11-6-4-7-12-21)22-13-8-5-9-14-22/h4-9,11-14,29-30H,2-3,10,15-20H2,1H3,(H,35,36). The summed E-state index contributed by atoms with van der Waals surface area (Å²) in [6, 6.07) is 18.5. The second-order valence-electron chi connectivity index (χ2n) is 9.12. The number of amidine groups is 1. The van der Waals surface area contributed by atoms with Crippen molar-refractivity contribution in [2.75, 3.05) is 24.5 Å². The predicted octanol–water partition coefficient (Wildman–Crippen LogP) is 5.66. The van der Waals surface area contributed by atoms with E-state index < -0.39 is 11.4 Å². The van der Waals surface area contributed by atoms with Gasteiger partial charge in [0.2, 0.25) is 5.91 Å². The van der Waals surface area contributed by atoms with Crippen LogP contribution in [0.1, 0.15) is 45.4 Å². The van der Waals surface area contributed by atoms with Crippen LogP contribution in [0.2, 0.25) is 0 Å². The van der Waals surface area contributed by atoms with E-state index in [1.807, 2.05) is 60.7 Å². The average molecular weight is 557 g/mol. The van der Waals surface area contributed by atoms with Crippen LogP contribution in [0.3, 0.4) is 0 Å². The molecule has 0 atom stereocenters. The Balaban J connectivity index is 1.76. The van der Waals surface area contributed by atoms with Crippen LogP contribution in [0.25, 0.3) is 0 Å². The van der Waals surface area contributed by atoms with E-state index in [0.717, 1.165) is 19.3 Å². The van der Waals surface area contributed by atoms with E-state index in [1.165, 1.54) is 0 Å². The number of rotatable bonds is 9. The molecule has 1 saturated heterocycles. The number of carbonyl (C=O) groups is 2. The van der Waals surface area contributed by atoms with Crippen molar-refractivity contribution in [1.82, 2.24) is 9.80 Å². The number of guanidine groups is 1. The number of aliphatic carboxylic acids is 1. The molecule has 3 N–H and O–H groups in total. The van der Waals surface area contributed by atoms with Gasteiger partial charge >= 0.3 is 5.97 Å². The second-order valence-corrected chi connectivity index (χ2v) is 9.87. The fourth-order valence-electron chi connectivity index (χ4n) is 4.56. The summed E-state index contributed by atoms with van der Waals surface area (Å²) in [5, 5.41) is 26.9. The Labute approximate surface area is 221 Å². The lowest BCUT2D eigenvalue weighted by atomic mass is 9.75. The molecular weight excluding hydrogens is 522 g/mol. The van der Waals surface area contributed by atoms with Crippen LogP contribution in [0.5, 0.6) is 0 Å². The molecule has 0 aliphatic carbocycles. The van der Waals surface area contributed by atoms with Crippen LogP contribution in [0, 0.1) is 16.2 Å². The molecule has 192 valence electrons. The summed E-state index contributed by atoms with van der Waals surface area (Å²) in [4.78, 5) is 31.1. The van der Waals surface area contributed by atoms with Crippen molar-refractivity contribution in [2.45, 2.75) is 45.4 Å². The van der Waals surface area contributed by atoms with Crippen LogP contribution in [0.4, 0.5) is 11.4 Å². The zero-order valence-corrected chi connectivity index (χ0v) is 22.2. The second kappa shape index (κ2) is 12.7. The Morgan fingerprint density at radius 3 is 1.94 bits per heavy atom. The highest BCUT2D eigenvalue weighted by atomic mass is 79.9. The van der Waals surface area contributed by atoms with Gasteiger partial charge in [0.25, 0.3) is 0 Å². The molecule has 3 rings (SSSR count). The van der Waals surface area contributed by atoms with Gasteiger partial charge in [-0.3, -0.25) is 30.2 Å². The van der Waals surface area contributed by atoms with Gasteiger partial charge in [0, 0.05) is 37.4 Å². The number of amides is 1. The van der Waals surface area contributed by atoms with Gasteiger partial charge in [-0.05, 0) is 59.5 Å². The van der Waals surface area contributed by atoms with Crippen molar-refractivity contribution in [1.29, 1.82) is 10.8 Å². The maximum atomic E-state index is 13.6. The Kier molecular flexibility index (Phi) is 9.64. The summed E-state index contributed by atoms with van der Waals surface area (Å²) in [6.07, 6.45) is 3.26. The summed E-state index contributed by atoms with van der Waals surface area (Å²) in [7, 11) is 0. The van der Waals surface area contributed by atoms with Crippen molar-refractivity contribution in [3.05, 3.63) is 60.7 Å². The number of hydrogen-bond acceptors (Lipinski definition) is 4. The smallest absolute Gasteiger partial charge is 0.310 e. The molecule has 8 nitrogen and oxygen atoms in total. The normalized spacial score (nSPS) is 14.7. The summed E-state index contributed by atoms with van der Waals surface area (Å²) in [5.41, 5.74) is 0.156. The minimum Gasteiger partial charge on any atom is -0.481 e. The molecule has 1 aliphatic heterocycles. The fourth-order valence-corrected chi connectivity index (χ4v) is 4.91. The number of carbonyl (C=O) groups excluding carboxylic acids is 1. The molecule has 0 spiro atoms. The van der Waals surface area contributed by atoms with Crippen molar-refractivity contribution < 1.29 is 14.7 Å². The van der Waals surface area contributed by atoms with Gasteiger partial charge in [-0.1, -0.05) is 56.2 Å². The molecule has 2 aromatic rings. The lowest BCUT2D eigenvalue weighted by Crippen LogP contribution is -2.53. The molecular formula is C27H34BrN5O3. The number of likely N-dealkylation sites (tertiary alicyclic amines) is 1. The van der Waals surface area contributed by atoms with E-state index in [1.54, 1.807) is 14.7 Å². The van der Waals surface area contributed by atoms with E-state index in [9.17, 15) is 14.7 Å². The van der Waals surface area contributed by atoms with E-state index >= 15 is 0 Å². The number of benzene rings is 2. The van der Waals surface area contributed by atoms with E-state index in [-0.39, 0.29) is 35.9 Å². The van der Waals surface area contributed by atoms with Gasteiger partial charge < -0.3 is 10.0 Å². The summed E-state index contributed by atoms with van der Waals surface area (Å²) in [5.74, 6) is -1.08. The van der Waals surface area contributed by atoms with Crippen LogP contribution < -0.4 is 4.90 Å². The minimum absolute atomic E-state index is 0.121. The largest absolute Gasteiger partial charge is 0.481 e. The first kappa shape index (κ1) is 27.4. The van der Waals surface area contributed by atoms with E-state index in [0.29, 0.717) is 31.0 Å². The van der Waals surface area contributed by atoms with Crippen molar-refractivity contribution in [2.24, 2.45) is 5.41 Å². The highest BCUT2D eigenvalue weighted by Gasteiger charge is 2.45. The number of carboxylic acid groups (broad SMARTS) is 1. The third kappa shape index (κ3) is 6.51. The molecule has 36 heavy (non-hydrogen) atoms. The lowest BCUT2D eigenvalue weighted by Gasteiger charge is -2.42. The third-order valence-electron chi connectivity index (χ3n) is 6.72. The minimum atomic E-state index is -1.22. The van der Waals surface area contributed by atoms with Crippen LogP contribution in [-0.4, -0.2) is 57.1 Å². The maximum absolute atomic E-state index is 13.6. The molecule has 2 aromatic carbocycles. The Morgan fingerprint density at radius 2 is 1.50 bits per heavy atom. The molecule has 1 amide bonds. The molecule has 9 heteroatoms. The monoisotopic (exact) mass is 555 g/mol. The number of carboxylic acids is 1. The van der Waals surface area contributed by atoms with Gasteiger partial charge in [-0.15, -0.1) is 0 Å². The van der Waals surface area contributed by atoms with Crippen LogP contribution in [-0.2, 0) is 9.59 Å². The molecule has 1 fully saturated rings. The Morgan fingerprint density at radius 1 is 0.972 bits per heavy atom. The number of para-hydroxylation sites is 2. The summed E-state index contributed by atoms with van der Waals surface area (Å²) < 4.78 is 0.121. The van der Waals surface area contributed by atoms with Gasteiger partial charge in [-0.25, -0.2) is 0 Å². The quantitative estimate of drug-likeness (QED) is 0.160. The highest BCUT2D eigenvalue weighted by molar-refractivity contribution is 9.18. The first-order valence-corrected chi connectivity index (χ1v) is 13.1. The van der Waals surface area contributed by atoms with Gasteiger partial charge in [-0.2, -0.15) is 0 Å². The topological polar surface area (TPSA) is 112 Å². The van der Waals surface area contributed by atoms with Gasteiger partial charge in [0.15, 0.2) is 10.7 Å². The summed E-state index contributed by atoms with van der Waals surface area (Å²) in [6.45, 7) is 3.32. The summed E-state index contributed by atoms with van der Waals surface area (Å²) >= 11 is 3.20. The van der Waals surface area contributed by atoms with E-state index in [2.05, 4.69) is 22.9 Å². The number of hydrogen-bond donors (Lipinski definition) is 3. The molecule has 0 saturated carbocycles. The molecule has 0 radical (unpaired) electrons. The Bertz CT molecular complexity index is 1020. The first-order valence-electron chi connectivity index (χ1n) is 12.3. The third-order valence-corrected chi connectivity index (χ3v) is 7.15. The number of halogens is 1. The van der Waals surface area contributed by atoms with Gasteiger partial charge in [0.1, 0.15) is 0 Å². The molecule has 0 aromatic heterocycles. The number of unbranched alkanes of at least 4 members (excludes halogenated alkanes) is 2. The SMILES string of the molecule is CCCCCN(C(=N)Br)C(=N)N1CCC(CC(=O)N(c2ccccc2)c2ccccc2)(C(=O)O)CC1. The molecule has 0 bridgehead atoms. The van der Waals surface area contributed by atoms with Crippen LogP contribution >= 0.6 is 15.9 Å². The zero-order chi connectivity index (χ0) is 26.1. The zero-order valence-electron chi connectivity index (χ0n) is 20.6. The first-order chi connectivity index (χ1) is 17.3. The highest BCUT2D eigenvalue weighted by Crippen LogP contribution is 2.38.